The highest BCUT2D eigenvalue weighted by Crippen LogP contribution is 2.31. The van der Waals surface area contributed by atoms with Gasteiger partial charge in [0.25, 0.3) is 0 Å². The van der Waals surface area contributed by atoms with Crippen LogP contribution >= 0.6 is 11.3 Å². The average Bonchev–Trinajstić information content (AvgIpc) is 3.30. The van der Waals surface area contributed by atoms with Gasteiger partial charge >= 0.3 is 12.0 Å². The van der Waals surface area contributed by atoms with Crippen molar-refractivity contribution in [3.8, 4) is 0 Å². The first-order valence-corrected chi connectivity index (χ1v) is 11.3. The maximum absolute atomic E-state index is 12.6. The number of amides is 2. The Kier molecular flexibility index (Phi) is 6.29. The second-order valence-corrected chi connectivity index (χ2v) is 8.96. The molecular formula is C23H28N4O3S. The van der Waals surface area contributed by atoms with Crippen molar-refractivity contribution in [2.75, 3.05) is 44.7 Å². The zero-order valence-corrected chi connectivity index (χ0v) is 18.9. The van der Waals surface area contributed by atoms with Gasteiger partial charge in [-0.05, 0) is 42.5 Å². The molecule has 1 saturated heterocycles. The highest BCUT2D eigenvalue weighted by Gasteiger charge is 2.35. The SMILES string of the molecule is COC(=O)C1=C(CN2CCN(c3cc(C)ccc3C)CC2)NC(=O)N[C@@H]1c1cccs1. The number of carbonyl (C=O) groups excluding carboxylic acids is 2. The van der Waals surface area contributed by atoms with Gasteiger partial charge in [-0.25, -0.2) is 9.59 Å². The third-order valence-corrected chi connectivity index (χ3v) is 6.78. The Morgan fingerprint density at radius 3 is 2.65 bits per heavy atom. The van der Waals surface area contributed by atoms with Crippen LogP contribution in [0, 0.1) is 13.8 Å². The molecule has 1 fully saturated rings. The highest BCUT2D eigenvalue weighted by molar-refractivity contribution is 7.10. The minimum Gasteiger partial charge on any atom is -0.466 e. The van der Waals surface area contributed by atoms with Gasteiger partial charge < -0.3 is 20.3 Å². The molecule has 2 aromatic rings. The van der Waals surface area contributed by atoms with Crippen LogP contribution in [0.3, 0.4) is 0 Å². The Hall–Kier alpha value is -2.84. The molecule has 31 heavy (non-hydrogen) atoms. The number of aryl methyl sites for hydroxylation is 2. The van der Waals surface area contributed by atoms with Crippen molar-refractivity contribution in [1.82, 2.24) is 15.5 Å². The van der Waals surface area contributed by atoms with Crippen molar-refractivity contribution in [1.29, 1.82) is 0 Å². The summed E-state index contributed by atoms with van der Waals surface area (Å²) in [6.07, 6.45) is 0. The summed E-state index contributed by atoms with van der Waals surface area (Å²) in [4.78, 5) is 30.6. The smallest absolute Gasteiger partial charge is 0.338 e. The third-order valence-electron chi connectivity index (χ3n) is 5.85. The summed E-state index contributed by atoms with van der Waals surface area (Å²) < 4.78 is 5.06. The fraction of sp³-hybridized carbons (Fsp3) is 0.391. The lowest BCUT2D eigenvalue weighted by atomic mass is 10.0. The zero-order chi connectivity index (χ0) is 22.0. The lowest BCUT2D eigenvalue weighted by molar-refractivity contribution is -0.136. The van der Waals surface area contributed by atoms with Crippen LogP contribution in [-0.2, 0) is 9.53 Å². The molecule has 4 rings (SSSR count). The molecule has 2 N–H and O–H groups in total. The molecule has 1 aromatic carbocycles. The standard InChI is InChI=1S/C23H28N4O3S/c1-15-6-7-16(2)18(13-15)27-10-8-26(9-11-27)14-17-20(22(28)30-3)21(25-23(29)24-17)19-5-4-12-31-19/h4-7,12-13,21H,8-11,14H2,1-3H3,(H2,24,25,29)/t21-/m1/s1. The number of methoxy groups -OCH3 is 1. The van der Waals surface area contributed by atoms with E-state index in [4.69, 9.17) is 4.74 Å². The lowest BCUT2D eigenvalue weighted by Crippen LogP contribution is -2.51. The van der Waals surface area contributed by atoms with Crippen molar-refractivity contribution < 1.29 is 14.3 Å². The molecule has 2 aliphatic rings. The third kappa shape index (κ3) is 4.60. The summed E-state index contributed by atoms with van der Waals surface area (Å²) in [5, 5.41) is 7.66. The van der Waals surface area contributed by atoms with Crippen LogP contribution in [0.4, 0.5) is 10.5 Å². The van der Waals surface area contributed by atoms with Crippen LogP contribution in [0.25, 0.3) is 0 Å². The number of nitrogens with zero attached hydrogens (tertiary/aromatic N) is 2. The molecule has 8 heteroatoms. The van der Waals surface area contributed by atoms with E-state index in [0.29, 0.717) is 17.8 Å². The maximum Gasteiger partial charge on any atom is 0.338 e. The molecule has 0 saturated carbocycles. The van der Waals surface area contributed by atoms with Gasteiger partial charge in [0.2, 0.25) is 0 Å². The molecule has 164 valence electrons. The van der Waals surface area contributed by atoms with E-state index < -0.39 is 12.0 Å². The van der Waals surface area contributed by atoms with Gasteiger partial charge in [-0.3, -0.25) is 4.90 Å². The van der Waals surface area contributed by atoms with Crippen LogP contribution < -0.4 is 15.5 Å². The number of ether oxygens (including phenoxy) is 1. The first-order chi connectivity index (χ1) is 15.0. The number of hydrogen-bond donors (Lipinski definition) is 2. The topological polar surface area (TPSA) is 73.9 Å². The first-order valence-electron chi connectivity index (χ1n) is 10.4. The predicted octanol–water partition coefficient (Wildman–Crippen LogP) is 2.97. The fourth-order valence-corrected chi connectivity index (χ4v) is 4.98. The molecule has 3 heterocycles. The number of rotatable bonds is 5. The maximum atomic E-state index is 12.6. The lowest BCUT2D eigenvalue weighted by Gasteiger charge is -2.38. The van der Waals surface area contributed by atoms with E-state index in [1.807, 2.05) is 17.5 Å². The van der Waals surface area contributed by atoms with Crippen molar-refractivity contribution in [2.24, 2.45) is 0 Å². The van der Waals surface area contributed by atoms with Crippen LogP contribution in [0.5, 0.6) is 0 Å². The summed E-state index contributed by atoms with van der Waals surface area (Å²) in [7, 11) is 1.37. The van der Waals surface area contributed by atoms with Crippen LogP contribution in [-0.4, -0.2) is 56.7 Å². The molecule has 0 aliphatic carbocycles. The van der Waals surface area contributed by atoms with Gasteiger partial charge in [-0.15, -0.1) is 11.3 Å². The minimum atomic E-state index is -0.493. The van der Waals surface area contributed by atoms with Gasteiger partial charge in [0.05, 0.1) is 18.7 Å². The molecule has 0 radical (unpaired) electrons. The van der Waals surface area contributed by atoms with E-state index in [0.717, 1.165) is 31.1 Å². The molecule has 7 nitrogen and oxygen atoms in total. The van der Waals surface area contributed by atoms with Gasteiger partial charge in [-0.1, -0.05) is 18.2 Å². The summed E-state index contributed by atoms with van der Waals surface area (Å²) >= 11 is 1.51. The van der Waals surface area contributed by atoms with E-state index in [1.54, 1.807) is 0 Å². The van der Waals surface area contributed by atoms with Gasteiger partial charge in [0.1, 0.15) is 0 Å². The molecule has 0 bridgehead atoms. The average molecular weight is 441 g/mol. The number of benzene rings is 1. The van der Waals surface area contributed by atoms with Gasteiger partial charge in [0, 0.05) is 49.0 Å². The number of hydrogen-bond acceptors (Lipinski definition) is 6. The van der Waals surface area contributed by atoms with Gasteiger partial charge in [0.15, 0.2) is 0 Å². The van der Waals surface area contributed by atoms with E-state index in [-0.39, 0.29) is 6.03 Å². The normalized spacial score (nSPS) is 19.8. The second kappa shape index (κ2) is 9.11. The van der Waals surface area contributed by atoms with Crippen LogP contribution in [0.1, 0.15) is 22.0 Å². The Morgan fingerprint density at radius 1 is 1.19 bits per heavy atom. The van der Waals surface area contributed by atoms with Crippen molar-refractivity contribution >= 4 is 29.0 Å². The zero-order valence-electron chi connectivity index (χ0n) is 18.1. The molecule has 0 spiro atoms. The number of carbonyl (C=O) groups is 2. The van der Waals surface area contributed by atoms with E-state index in [2.05, 4.69) is 52.5 Å². The highest BCUT2D eigenvalue weighted by atomic mass is 32.1. The first kappa shape index (κ1) is 21.4. The summed E-state index contributed by atoms with van der Waals surface area (Å²) in [6, 6.07) is 9.59. The number of esters is 1. The van der Waals surface area contributed by atoms with Crippen molar-refractivity contribution in [3.05, 3.63) is 63.0 Å². The van der Waals surface area contributed by atoms with Crippen molar-refractivity contribution in [2.45, 2.75) is 19.9 Å². The Balaban J connectivity index is 1.52. The summed E-state index contributed by atoms with van der Waals surface area (Å²) in [5.41, 5.74) is 4.91. The summed E-state index contributed by atoms with van der Waals surface area (Å²) in [5.74, 6) is -0.421. The van der Waals surface area contributed by atoms with Gasteiger partial charge in [-0.2, -0.15) is 0 Å². The van der Waals surface area contributed by atoms with Crippen LogP contribution in [0.15, 0.2) is 47.0 Å². The molecule has 2 aliphatic heterocycles. The Bertz CT molecular complexity index is 994. The number of anilines is 1. The monoisotopic (exact) mass is 440 g/mol. The number of urea groups is 1. The fourth-order valence-electron chi connectivity index (χ4n) is 4.19. The Labute approximate surface area is 186 Å². The van der Waals surface area contributed by atoms with E-state index in [1.165, 1.54) is 35.3 Å². The van der Waals surface area contributed by atoms with E-state index in [9.17, 15) is 9.59 Å². The summed E-state index contributed by atoms with van der Waals surface area (Å²) in [6.45, 7) is 8.24. The minimum absolute atomic E-state index is 0.296. The van der Waals surface area contributed by atoms with E-state index >= 15 is 0 Å². The number of thiophene rings is 1. The predicted molar refractivity (Wildman–Crippen MR) is 122 cm³/mol. The van der Waals surface area contributed by atoms with Crippen LogP contribution in [0.2, 0.25) is 0 Å². The molecule has 1 aromatic heterocycles. The quantitative estimate of drug-likeness (QED) is 0.700. The van der Waals surface area contributed by atoms with Crippen molar-refractivity contribution in [3.63, 3.8) is 0 Å². The Morgan fingerprint density at radius 2 is 1.97 bits per heavy atom. The number of piperazine rings is 1. The number of nitrogens with one attached hydrogen (secondary N) is 2. The second-order valence-electron chi connectivity index (χ2n) is 7.98. The molecular weight excluding hydrogens is 412 g/mol. The molecule has 2 amide bonds. The molecule has 0 unspecified atom stereocenters. The largest absolute Gasteiger partial charge is 0.466 e. The molecule has 1 atom stereocenters.